The van der Waals surface area contributed by atoms with Crippen LogP contribution >= 0.6 is 0 Å². The largest absolute Gasteiger partial charge is 0.315 e. The summed E-state index contributed by atoms with van der Waals surface area (Å²) in [6.45, 7) is 7.89. The van der Waals surface area contributed by atoms with Crippen molar-refractivity contribution in [3.8, 4) is 0 Å². The summed E-state index contributed by atoms with van der Waals surface area (Å²) in [5.74, 6) is 0. The quantitative estimate of drug-likeness (QED) is 0.432. The molecule has 0 rings (SSSR count). The van der Waals surface area contributed by atoms with Crippen LogP contribution in [0.4, 0.5) is 0 Å². The lowest BCUT2D eigenvalue weighted by atomic mass is 10.0. The van der Waals surface area contributed by atoms with Crippen LogP contribution in [0, 0.1) is 0 Å². The number of hydrogen-bond donors (Lipinski definition) is 1. The van der Waals surface area contributed by atoms with Crippen molar-refractivity contribution in [2.75, 3.05) is 6.54 Å². The van der Waals surface area contributed by atoms with Crippen molar-refractivity contribution >= 4 is 0 Å². The first kappa shape index (κ1) is 17.0. The van der Waals surface area contributed by atoms with Gasteiger partial charge in [-0.05, 0) is 19.9 Å². The average Bonchev–Trinajstić information content (AvgIpc) is 2.32. The summed E-state index contributed by atoms with van der Waals surface area (Å²) in [6.07, 6.45) is 15.8. The summed E-state index contributed by atoms with van der Waals surface area (Å²) in [6, 6.07) is 0.717. The minimum absolute atomic E-state index is 0.717. The predicted molar refractivity (Wildman–Crippen MR) is 79.6 cm³/mol. The SMILES string of the molecule is CCCCCCCCCCCC[C@H](C)NCC. The summed E-state index contributed by atoms with van der Waals surface area (Å²) in [5.41, 5.74) is 0. The van der Waals surface area contributed by atoms with E-state index >= 15 is 0 Å². The van der Waals surface area contributed by atoms with Crippen molar-refractivity contribution in [3.63, 3.8) is 0 Å². The van der Waals surface area contributed by atoms with Gasteiger partial charge in [0.05, 0.1) is 0 Å². The van der Waals surface area contributed by atoms with Crippen molar-refractivity contribution in [1.29, 1.82) is 0 Å². The molecular weight excluding hydrogens is 206 g/mol. The minimum Gasteiger partial charge on any atom is -0.315 e. The molecule has 1 nitrogen and oxygen atoms in total. The lowest BCUT2D eigenvalue weighted by Gasteiger charge is -2.11. The molecule has 0 aliphatic heterocycles. The highest BCUT2D eigenvalue weighted by atomic mass is 14.9. The third-order valence-corrected chi connectivity index (χ3v) is 3.54. The highest BCUT2D eigenvalue weighted by molar-refractivity contribution is 4.58. The fourth-order valence-corrected chi connectivity index (χ4v) is 2.39. The molecule has 0 unspecified atom stereocenters. The number of unbranched alkanes of at least 4 members (excludes halogenated alkanes) is 9. The highest BCUT2D eigenvalue weighted by Crippen LogP contribution is 2.11. The molecule has 0 aliphatic carbocycles. The third kappa shape index (κ3) is 13.9. The highest BCUT2D eigenvalue weighted by Gasteiger charge is 1.98. The van der Waals surface area contributed by atoms with E-state index in [1.165, 1.54) is 70.6 Å². The zero-order valence-electron chi connectivity index (χ0n) is 12.6. The fraction of sp³-hybridized carbons (Fsp3) is 1.00. The zero-order valence-corrected chi connectivity index (χ0v) is 12.6. The van der Waals surface area contributed by atoms with Crippen molar-refractivity contribution in [2.45, 2.75) is 97.4 Å². The molecule has 0 aromatic rings. The van der Waals surface area contributed by atoms with Crippen LogP contribution in [0.1, 0.15) is 91.4 Å². The van der Waals surface area contributed by atoms with Gasteiger partial charge in [0, 0.05) is 6.04 Å². The number of nitrogens with one attached hydrogen (secondary N) is 1. The Labute approximate surface area is 110 Å². The van der Waals surface area contributed by atoms with Crippen LogP contribution in [-0.4, -0.2) is 12.6 Å². The van der Waals surface area contributed by atoms with Crippen LogP contribution in [0.3, 0.4) is 0 Å². The molecular formula is C16H35N. The maximum absolute atomic E-state index is 3.48. The van der Waals surface area contributed by atoms with Crippen LogP contribution in [-0.2, 0) is 0 Å². The van der Waals surface area contributed by atoms with Gasteiger partial charge in [0.1, 0.15) is 0 Å². The molecule has 0 aromatic carbocycles. The van der Waals surface area contributed by atoms with Gasteiger partial charge in [0.25, 0.3) is 0 Å². The molecule has 104 valence electrons. The van der Waals surface area contributed by atoms with Crippen molar-refractivity contribution in [3.05, 3.63) is 0 Å². The Bertz CT molecular complexity index is 133. The molecule has 17 heavy (non-hydrogen) atoms. The molecule has 1 heteroatoms. The van der Waals surface area contributed by atoms with Crippen molar-refractivity contribution in [1.82, 2.24) is 5.32 Å². The smallest absolute Gasteiger partial charge is 0.00386 e. The number of hydrogen-bond acceptors (Lipinski definition) is 1. The van der Waals surface area contributed by atoms with E-state index in [1.807, 2.05) is 0 Å². The molecule has 1 N–H and O–H groups in total. The Morgan fingerprint density at radius 3 is 1.65 bits per heavy atom. The monoisotopic (exact) mass is 241 g/mol. The van der Waals surface area contributed by atoms with Crippen LogP contribution in [0.5, 0.6) is 0 Å². The molecule has 0 fully saturated rings. The summed E-state index contributed by atoms with van der Waals surface area (Å²) in [4.78, 5) is 0. The van der Waals surface area contributed by atoms with E-state index in [0.29, 0.717) is 6.04 Å². The van der Waals surface area contributed by atoms with Gasteiger partial charge < -0.3 is 5.32 Å². The van der Waals surface area contributed by atoms with Crippen molar-refractivity contribution in [2.24, 2.45) is 0 Å². The summed E-state index contributed by atoms with van der Waals surface area (Å²) >= 11 is 0. The molecule has 0 saturated heterocycles. The lowest BCUT2D eigenvalue weighted by Crippen LogP contribution is -2.25. The maximum Gasteiger partial charge on any atom is 0.00386 e. The Kier molecular flexibility index (Phi) is 14.0. The van der Waals surface area contributed by atoms with Crippen LogP contribution in [0.2, 0.25) is 0 Å². The molecule has 1 atom stereocenters. The van der Waals surface area contributed by atoms with E-state index < -0.39 is 0 Å². The Morgan fingerprint density at radius 2 is 1.18 bits per heavy atom. The Hall–Kier alpha value is -0.0400. The first-order valence-electron chi connectivity index (χ1n) is 8.04. The molecule has 0 aliphatic rings. The molecule has 0 aromatic heterocycles. The van der Waals surface area contributed by atoms with E-state index in [0.717, 1.165) is 6.54 Å². The first-order valence-corrected chi connectivity index (χ1v) is 8.04. The van der Waals surface area contributed by atoms with E-state index in [4.69, 9.17) is 0 Å². The van der Waals surface area contributed by atoms with E-state index in [-0.39, 0.29) is 0 Å². The van der Waals surface area contributed by atoms with Crippen LogP contribution in [0.25, 0.3) is 0 Å². The molecule has 0 heterocycles. The third-order valence-electron chi connectivity index (χ3n) is 3.54. The van der Waals surface area contributed by atoms with Gasteiger partial charge in [-0.2, -0.15) is 0 Å². The Morgan fingerprint density at radius 1 is 0.706 bits per heavy atom. The Balaban J connectivity index is 2.98. The summed E-state index contributed by atoms with van der Waals surface area (Å²) < 4.78 is 0. The zero-order chi connectivity index (χ0) is 12.8. The average molecular weight is 241 g/mol. The van der Waals surface area contributed by atoms with Gasteiger partial charge in [0.2, 0.25) is 0 Å². The second-order valence-electron chi connectivity index (χ2n) is 5.43. The number of rotatable bonds is 13. The second-order valence-corrected chi connectivity index (χ2v) is 5.43. The van der Waals surface area contributed by atoms with E-state index in [1.54, 1.807) is 0 Å². The van der Waals surface area contributed by atoms with Gasteiger partial charge in [-0.15, -0.1) is 0 Å². The van der Waals surface area contributed by atoms with Crippen molar-refractivity contribution < 1.29 is 0 Å². The predicted octanol–water partition coefficient (Wildman–Crippen LogP) is 5.30. The summed E-state index contributed by atoms with van der Waals surface area (Å²) in [7, 11) is 0. The molecule has 0 bridgehead atoms. The van der Waals surface area contributed by atoms with Crippen LogP contribution in [0.15, 0.2) is 0 Å². The summed E-state index contributed by atoms with van der Waals surface area (Å²) in [5, 5.41) is 3.48. The normalized spacial score (nSPS) is 12.9. The molecule has 0 radical (unpaired) electrons. The van der Waals surface area contributed by atoms with E-state index in [2.05, 4.69) is 26.1 Å². The van der Waals surface area contributed by atoms with E-state index in [9.17, 15) is 0 Å². The molecule has 0 saturated carbocycles. The topological polar surface area (TPSA) is 12.0 Å². The fourth-order valence-electron chi connectivity index (χ4n) is 2.39. The lowest BCUT2D eigenvalue weighted by molar-refractivity contribution is 0.485. The minimum atomic E-state index is 0.717. The molecule has 0 amide bonds. The van der Waals surface area contributed by atoms with Crippen LogP contribution < -0.4 is 5.32 Å². The van der Waals surface area contributed by atoms with Gasteiger partial charge in [0.15, 0.2) is 0 Å². The van der Waals surface area contributed by atoms with Gasteiger partial charge in [-0.1, -0.05) is 78.1 Å². The molecule has 0 spiro atoms. The first-order chi connectivity index (χ1) is 8.31. The maximum atomic E-state index is 3.48. The van der Waals surface area contributed by atoms with Gasteiger partial charge in [-0.25, -0.2) is 0 Å². The van der Waals surface area contributed by atoms with Gasteiger partial charge in [-0.3, -0.25) is 0 Å². The van der Waals surface area contributed by atoms with Gasteiger partial charge >= 0.3 is 0 Å². The standard InChI is InChI=1S/C16H35N/c1-4-6-7-8-9-10-11-12-13-14-15-16(3)17-5-2/h16-17H,4-15H2,1-3H3/t16-/m0/s1. The second kappa shape index (κ2) is 14.0.